The van der Waals surface area contributed by atoms with E-state index < -0.39 is 17.9 Å². The summed E-state index contributed by atoms with van der Waals surface area (Å²) in [5.41, 5.74) is 5.63. The van der Waals surface area contributed by atoms with Crippen molar-refractivity contribution in [1.29, 1.82) is 0 Å². The van der Waals surface area contributed by atoms with Crippen LogP contribution in [0.2, 0.25) is 0 Å². The first-order valence-electron chi connectivity index (χ1n) is 5.33. The number of carbonyl (C=O) groups is 2. The molecule has 0 saturated carbocycles. The molecule has 1 unspecified atom stereocenters. The summed E-state index contributed by atoms with van der Waals surface area (Å²) in [5, 5.41) is 8.86. The molecule has 1 saturated heterocycles. The molecular weight excluding hydrogens is 196 g/mol. The fourth-order valence-corrected chi connectivity index (χ4v) is 1.79. The van der Waals surface area contributed by atoms with E-state index in [9.17, 15) is 9.59 Å². The number of carboxylic acid groups (broad SMARTS) is 1. The van der Waals surface area contributed by atoms with Crippen LogP contribution in [0, 0.1) is 5.92 Å². The first-order valence-corrected chi connectivity index (χ1v) is 5.33. The second kappa shape index (κ2) is 5.11. The van der Waals surface area contributed by atoms with Crippen molar-refractivity contribution < 1.29 is 14.7 Å². The van der Waals surface area contributed by atoms with E-state index >= 15 is 0 Å². The van der Waals surface area contributed by atoms with Gasteiger partial charge in [-0.05, 0) is 19.3 Å². The van der Waals surface area contributed by atoms with Crippen molar-refractivity contribution in [1.82, 2.24) is 4.90 Å². The number of amides is 1. The number of likely N-dealkylation sites (tertiary alicyclic amines) is 1. The van der Waals surface area contributed by atoms with Gasteiger partial charge >= 0.3 is 5.97 Å². The number of piperidine rings is 1. The number of nitrogens with zero attached hydrogens (tertiary/aromatic N) is 1. The van der Waals surface area contributed by atoms with Crippen molar-refractivity contribution in [3.05, 3.63) is 0 Å². The van der Waals surface area contributed by atoms with Crippen molar-refractivity contribution in [2.45, 2.75) is 32.2 Å². The van der Waals surface area contributed by atoms with Crippen LogP contribution < -0.4 is 5.73 Å². The van der Waals surface area contributed by atoms with Gasteiger partial charge in [-0.2, -0.15) is 0 Å². The van der Waals surface area contributed by atoms with E-state index in [0.29, 0.717) is 25.9 Å². The summed E-state index contributed by atoms with van der Waals surface area (Å²) in [6, 6.07) is -0.488. The molecule has 0 aromatic carbocycles. The lowest BCUT2D eigenvalue weighted by Gasteiger charge is -2.32. The van der Waals surface area contributed by atoms with Crippen LogP contribution in [-0.4, -0.2) is 41.0 Å². The van der Waals surface area contributed by atoms with E-state index in [-0.39, 0.29) is 5.91 Å². The van der Waals surface area contributed by atoms with Crippen molar-refractivity contribution >= 4 is 11.9 Å². The normalized spacial score (nSPS) is 23.6. The average molecular weight is 214 g/mol. The highest BCUT2D eigenvalue weighted by Gasteiger charge is 2.29. The van der Waals surface area contributed by atoms with E-state index in [2.05, 4.69) is 0 Å². The van der Waals surface area contributed by atoms with Gasteiger partial charge in [0, 0.05) is 13.1 Å². The third-order valence-electron chi connectivity index (χ3n) is 2.84. The minimum absolute atomic E-state index is 0.122. The molecule has 1 rings (SSSR count). The smallest absolute Gasteiger partial charge is 0.308 e. The molecule has 1 heterocycles. The molecule has 5 nitrogen and oxygen atoms in total. The summed E-state index contributed by atoms with van der Waals surface area (Å²) >= 11 is 0. The molecule has 5 heteroatoms. The lowest BCUT2D eigenvalue weighted by molar-refractivity contribution is -0.146. The van der Waals surface area contributed by atoms with Gasteiger partial charge in [-0.1, -0.05) is 6.92 Å². The van der Waals surface area contributed by atoms with Crippen LogP contribution in [-0.2, 0) is 9.59 Å². The highest BCUT2D eigenvalue weighted by Crippen LogP contribution is 2.17. The van der Waals surface area contributed by atoms with Crippen LogP contribution in [0.1, 0.15) is 26.2 Å². The summed E-state index contributed by atoms with van der Waals surface area (Å²) < 4.78 is 0. The second-order valence-electron chi connectivity index (χ2n) is 3.98. The fourth-order valence-electron chi connectivity index (χ4n) is 1.79. The van der Waals surface area contributed by atoms with Crippen molar-refractivity contribution in [3.8, 4) is 0 Å². The molecule has 3 N–H and O–H groups in total. The van der Waals surface area contributed by atoms with E-state index in [4.69, 9.17) is 10.8 Å². The van der Waals surface area contributed by atoms with Crippen LogP contribution in [0.15, 0.2) is 0 Å². The predicted octanol–water partition coefficient (Wildman–Crippen LogP) is 0.0469. The maximum absolute atomic E-state index is 11.7. The van der Waals surface area contributed by atoms with Gasteiger partial charge in [0.05, 0.1) is 12.0 Å². The van der Waals surface area contributed by atoms with E-state index in [0.717, 1.165) is 6.42 Å². The van der Waals surface area contributed by atoms with Crippen LogP contribution >= 0.6 is 0 Å². The Morgan fingerprint density at radius 3 is 2.80 bits per heavy atom. The Morgan fingerprint density at radius 1 is 1.60 bits per heavy atom. The molecule has 1 aliphatic heterocycles. The number of aliphatic carboxylic acids is 1. The molecule has 0 bridgehead atoms. The number of nitrogens with two attached hydrogens (primary N) is 1. The predicted molar refractivity (Wildman–Crippen MR) is 55.2 cm³/mol. The van der Waals surface area contributed by atoms with Crippen LogP contribution in [0.4, 0.5) is 0 Å². The van der Waals surface area contributed by atoms with Gasteiger partial charge in [-0.25, -0.2) is 0 Å². The van der Waals surface area contributed by atoms with Crippen molar-refractivity contribution in [2.75, 3.05) is 13.1 Å². The summed E-state index contributed by atoms with van der Waals surface area (Å²) in [4.78, 5) is 24.1. The minimum atomic E-state index is -0.822. The first-order chi connectivity index (χ1) is 7.06. The zero-order valence-electron chi connectivity index (χ0n) is 8.98. The number of carbonyl (C=O) groups excluding carboxylic acids is 1. The topological polar surface area (TPSA) is 83.6 Å². The SMILES string of the molecule is CCC(N)C(=O)N1CCC[C@@H](C(=O)O)C1. The third kappa shape index (κ3) is 2.92. The molecule has 15 heavy (non-hydrogen) atoms. The Bertz CT molecular complexity index is 255. The summed E-state index contributed by atoms with van der Waals surface area (Å²) in [6.07, 6.45) is 1.99. The van der Waals surface area contributed by atoms with Crippen LogP contribution in [0.25, 0.3) is 0 Å². The minimum Gasteiger partial charge on any atom is -0.481 e. The van der Waals surface area contributed by atoms with Gasteiger partial charge in [0.1, 0.15) is 0 Å². The first kappa shape index (κ1) is 12.0. The van der Waals surface area contributed by atoms with Crippen LogP contribution in [0.3, 0.4) is 0 Å². The van der Waals surface area contributed by atoms with E-state index in [1.807, 2.05) is 6.92 Å². The monoisotopic (exact) mass is 214 g/mol. The molecule has 0 aliphatic carbocycles. The van der Waals surface area contributed by atoms with Gasteiger partial charge in [0.25, 0.3) is 0 Å². The maximum atomic E-state index is 11.7. The Hall–Kier alpha value is -1.10. The quantitative estimate of drug-likeness (QED) is 0.695. The molecular formula is C10H18N2O3. The molecule has 1 aliphatic rings. The van der Waals surface area contributed by atoms with Gasteiger partial charge in [-0.3, -0.25) is 9.59 Å². The molecule has 86 valence electrons. The average Bonchev–Trinajstić information content (AvgIpc) is 2.27. The number of hydrogen-bond acceptors (Lipinski definition) is 3. The third-order valence-corrected chi connectivity index (χ3v) is 2.84. The van der Waals surface area contributed by atoms with E-state index in [1.54, 1.807) is 4.90 Å². The summed E-state index contributed by atoms with van der Waals surface area (Å²) in [5.74, 6) is -1.37. The Kier molecular flexibility index (Phi) is 4.08. The standard InChI is InChI=1S/C10H18N2O3/c1-2-8(11)9(13)12-5-3-4-7(6-12)10(14)15/h7-8H,2-6,11H2,1H3,(H,14,15)/t7-,8?/m1/s1. The summed E-state index contributed by atoms with van der Waals surface area (Å²) in [7, 11) is 0. The van der Waals surface area contributed by atoms with Crippen LogP contribution in [0.5, 0.6) is 0 Å². The lowest BCUT2D eigenvalue weighted by Crippen LogP contribution is -2.49. The number of rotatable bonds is 3. The number of carboxylic acids is 1. The molecule has 1 fully saturated rings. The second-order valence-corrected chi connectivity index (χ2v) is 3.98. The molecule has 0 aromatic rings. The fraction of sp³-hybridized carbons (Fsp3) is 0.800. The zero-order valence-corrected chi connectivity index (χ0v) is 8.98. The molecule has 2 atom stereocenters. The largest absolute Gasteiger partial charge is 0.481 e. The number of hydrogen-bond donors (Lipinski definition) is 2. The molecule has 0 aromatic heterocycles. The lowest BCUT2D eigenvalue weighted by atomic mass is 9.97. The van der Waals surface area contributed by atoms with E-state index in [1.165, 1.54) is 0 Å². The van der Waals surface area contributed by atoms with Crippen molar-refractivity contribution in [3.63, 3.8) is 0 Å². The molecule has 1 amide bonds. The summed E-state index contributed by atoms with van der Waals surface area (Å²) in [6.45, 7) is 2.79. The van der Waals surface area contributed by atoms with Gasteiger partial charge < -0.3 is 15.7 Å². The molecule has 0 spiro atoms. The zero-order chi connectivity index (χ0) is 11.4. The van der Waals surface area contributed by atoms with Gasteiger partial charge in [-0.15, -0.1) is 0 Å². The Labute approximate surface area is 89.2 Å². The Balaban J connectivity index is 2.56. The molecule has 0 radical (unpaired) electrons. The highest BCUT2D eigenvalue weighted by atomic mass is 16.4. The Morgan fingerprint density at radius 2 is 2.27 bits per heavy atom. The van der Waals surface area contributed by atoms with Gasteiger partial charge in [0.15, 0.2) is 0 Å². The maximum Gasteiger partial charge on any atom is 0.308 e. The highest BCUT2D eigenvalue weighted by molar-refractivity contribution is 5.82. The van der Waals surface area contributed by atoms with Gasteiger partial charge in [0.2, 0.25) is 5.91 Å². The van der Waals surface area contributed by atoms with Crippen molar-refractivity contribution in [2.24, 2.45) is 11.7 Å².